The number of carbonyl (C=O) groups excluding carboxylic acids is 1. The molecule has 0 saturated carbocycles. The summed E-state index contributed by atoms with van der Waals surface area (Å²) in [5.41, 5.74) is 2.88. The lowest BCUT2D eigenvalue weighted by atomic mass is 10.2. The Balaban J connectivity index is 1.71. The maximum Gasteiger partial charge on any atom is 0.323 e. The van der Waals surface area contributed by atoms with E-state index in [0.29, 0.717) is 36.2 Å². The minimum absolute atomic E-state index is 0.00432. The van der Waals surface area contributed by atoms with Gasteiger partial charge in [0.05, 0.1) is 18.9 Å². The van der Waals surface area contributed by atoms with E-state index in [2.05, 4.69) is 25.9 Å². The molecule has 8 nitrogen and oxygen atoms in total. The fraction of sp³-hybridized carbons (Fsp3) is 0.190. The highest BCUT2D eigenvalue weighted by Gasteiger charge is 2.08. The summed E-state index contributed by atoms with van der Waals surface area (Å²) in [5.74, 6) is 1.14. The van der Waals surface area contributed by atoms with E-state index in [1.54, 1.807) is 25.3 Å². The Kier molecular flexibility index (Phi) is 7.10. The molecule has 2 aromatic carbocycles. The Bertz CT molecular complexity index is 933. The van der Waals surface area contributed by atoms with Crippen LogP contribution in [0.3, 0.4) is 0 Å². The topological polar surface area (TPSA) is 108 Å². The molecule has 0 aliphatic rings. The first-order chi connectivity index (χ1) is 14.2. The highest BCUT2D eigenvalue weighted by molar-refractivity contribution is 5.99. The Labute approximate surface area is 169 Å². The number of methoxy groups -OCH3 is 1. The molecule has 1 heterocycles. The van der Waals surface area contributed by atoms with Crippen LogP contribution in [0.15, 0.2) is 60.7 Å². The standard InChI is InChI=1S/C21H23N5O3/c1-29-14-18-13-19(22-11-12-27)26-20(23-18)15-7-9-17(10-8-15)25-21(28)24-16-5-3-2-4-6-16/h2-10,13,27H,11-12,14H2,1H3,(H,22,23,26)(H2,24,25,28). The number of carbonyl (C=O) groups is 1. The number of ether oxygens (including phenoxy) is 1. The summed E-state index contributed by atoms with van der Waals surface area (Å²) in [4.78, 5) is 21.1. The van der Waals surface area contributed by atoms with Gasteiger partial charge in [0.25, 0.3) is 0 Å². The largest absolute Gasteiger partial charge is 0.395 e. The summed E-state index contributed by atoms with van der Waals surface area (Å²) >= 11 is 0. The van der Waals surface area contributed by atoms with Crippen molar-refractivity contribution in [3.63, 3.8) is 0 Å². The van der Waals surface area contributed by atoms with Crippen LogP contribution in [0.4, 0.5) is 22.0 Å². The predicted molar refractivity (Wildman–Crippen MR) is 113 cm³/mol. The van der Waals surface area contributed by atoms with Crippen LogP contribution in [0, 0.1) is 0 Å². The maximum absolute atomic E-state index is 12.1. The Morgan fingerprint density at radius 3 is 2.34 bits per heavy atom. The summed E-state index contributed by atoms with van der Waals surface area (Å²) in [6, 6.07) is 17.9. The van der Waals surface area contributed by atoms with Crippen molar-refractivity contribution < 1.29 is 14.6 Å². The molecule has 0 spiro atoms. The lowest BCUT2D eigenvalue weighted by Crippen LogP contribution is -2.19. The summed E-state index contributed by atoms with van der Waals surface area (Å²) < 4.78 is 5.17. The molecule has 150 valence electrons. The number of nitrogens with one attached hydrogen (secondary N) is 3. The van der Waals surface area contributed by atoms with E-state index in [-0.39, 0.29) is 12.6 Å². The molecule has 3 rings (SSSR count). The maximum atomic E-state index is 12.1. The van der Waals surface area contributed by atoms with Crippen molar-refractivity contribution in [3.05, 3.63) is 66.4 Å². The van der Waals surface area contributed by atoms with Crippen molar-refractivity contribution in [1.82, 2.24) is 9.97 Å². The number of aliphatic hydroxyl groups excluding tert-OH is 1. The number of benzene rings is 2. The number of aliphatic hydroxyl groups is 1. The van der Waals surface area contributed by atoms with Crippen molar-refractivity contribution in [3.8, 4) is 11.4 Å². The molecule has 0 saturated heterocycles. The number of aromatic nitrogens is 2. The third-order valence-electron chi connectivity index (χ3n) is 3.92. The van der Waals surface area contributed by atoms with Crippen LogP contribution in [0.2, 0.25) is 0 Å². The smallest absolute Gasteiger partial charge is 0.323 e. The fourth-order valence-corrected chi connectivity index (χ4v) is 2.64. The van der Waals surface area contributed by atoms with Crippen LogP contribution in [-0.4, -0.2) is 41.4 Å². The van der Waals surface area contributed by atoms with Gasteiger partial charge in [0.2, 0.25) is 0 Å². The van der Waals surface area contributed by atoms with Crippen LogP contribution >= 0.6 is 0 Å². The molecule has 8 heteroatoms. The first-order valence-electron chi connectivity index (χ1n) is 9.13. The summed E-state index contributed by atoms with van der Waals surface area (Å²) in [6.45, 7) is 0.745. The second-order valence-electron chi connectivity index (χ2n) is 6.17. The molecule has 0 radical (unpaired) electrons. The van der Waals surface area contributed by atoms with Crippen molar-refractivity contribution in [2.75, 3.05) is 36.2 Å². The zero-order valence-electron chi connectivity index (χ0n) is 16.1. The van der Waals surface area contributed by atoms with E-state index in [4.69, 9.17) is 9.84 Å². The van der Waals surface area contributed by atoms with Crippen LogP contribution < -0.4 is 16.0 Å². The second kappa shape index (κ2) is 10.2. The number of nitrogens with zero attached hydrogens (tertiary/aromatic N) is 2. The minimum Gasteiger partial charge on any atom is -0.395 e. The van der Waals surface area contributed by atoms with Gasteiger partial charge in [-0.3, -0.25) is 0 Å². The molecule has 1 aromatic heterocycles. The van der Waals surface area contributed by atoms with Crippen LogP contribution in [0.1, 0.15) is 5.69 Å². The molecular formula is C21H23N5O3. The summed E-state index contributed by atoms with van der Waals surface area (Å²) in [5, 5.41) is 17.6. The van der Waals surface area contributed by atoms with Gasteiger partial charge in [-0.1, -0.05) is 18.2 Å². The van der Waals surface area contributed by atoms with Gasteiger partial charge in [-0.15, -0.1) is 0 Å². The summed E-state index contributed by atoms with van der Waals surface area (Å²) in [6.07, 6.45) is 0. The minimum atomic E-state index is -0.321. The molecule has 0 bridgehead atoms. The predicted octanol–water partition coefficient (Wildman–Crippen LogP) is 3.34. The average Bonchev–Trinajstić information content (AvgIpc) is 2.73. The SMILES string of the molecule is COCc1cc(NCCO)nc(-c2ccc(NC(=O)Nc3ccccc3)cc2)n1. The van der Waals surface area contributed by atoms with Gasteiger partial charge in [-0.25, -0.2) is 14.8 Å². The van der Waals surface area contributed by atoms with Gasteiger partial charge in [-0.05, 0) is 36.4 Å². The Morgan fingerprint density at radius 2 is 1.69 bits per heavy atom. The van der Waals surface area contributed by atoms with Crippen molar-refractivity contribution >= 4 is 23.2 Å². The number of amides is 2. The van der Waals surface area contributed by atoms with Gasteiger partial charge in [-0.2, -0.15) is 0 Å². The van der Waals surface area contributed by atoms with E-state index in [1.165, 1.54) is 0 Å². The molecule has 2 amide bonds. The number of rotatable bonds is 8. The second-order valence-corrected chi connectivity index (χ2v) is 6.17. The monoisotopic (exact) mass is 393 g/mol. The fourth-order valence-electron chi connectivity index (χ4n) is 2.64. The van der Waals surface area contributed by atoms with Crippen LogP contribution in [0.25, 0.3) is 11.4 Å². The number of hydrogen-bond donors (Lipinski definition) is 4. The third kappa shape index (κ3) is 6.00. The number of urea groups is 1. The van der Waals surface area contributed by atoms with Crippen LogP contribution in [0.5, 0.6) is 0 Å². The van der Waals surface area contributed by atoms with Crippen LogP contribution in [-0.2, 0) is 11.3 Å². The molecule has 0 unspecified atom stereocenters. The number of para-hydroxylation sites is 1. The molecule has 29 heavy (non-hydrogen) atoms. The number of hydrogen-bond acceptors (Lipinski definition) is 6. The third-order valence-corrected chi connectivity index (χ3v) is 3.92. The quantitative estimate of drug-likeness (QED) is 0.467. The molecule has 4 N–H and O–H groups in total. The van der Waals surface area contributed by atoms with E-state index in [1.807, 2.05) is 42.5 Å². The highest BCUT2D eigenvalue weighted by atomic mass is 16.5. The first-order valence-corrected chi connectivity index (χ1v) is 9.13. The highest BCUT2D eigenvalue weighted by Crippen LogP contribution is 2.21. The first kappa shape index (κ1) is 20.2. The average molecular weight is 393 g/mol. The van der Waals surface area contributed by atoms with Gasteiger partial charge in [0.15, 0.2) is 5.82 Å². The van der Waals surface area contributed by atoms with Gasteiger partial charge < -0.3 is 25.8 Å². The van der Waals surface area contributed by atoms with Crippen molar-refractivity contribution in [2.45, 2.75) is 6.61 Å². The van der Waals surface area contributed by atoms with Gasteiger partial charge >= 0.3 is 6.03 Å². The van der Waals surface area contributed by atoms with Crippen molar-refractivity contribution in [1.29, 1.82) is 0 Å². The van der Waals surface area contributed by atoms with Crippen molar-refractivity contribution in [2.24, 2.45) is 0 Å². The zero-order chi connectivity index (χ0) is 20.5. The Morgan fingerprint density at radius 1 is 1.00 bits per heavy atom. The van der Waals surface area contributed by atoms with Gasteiger partial charge in [0, 0.05) is 36.7 Å². The van der Waals surface area contributed by atoms with E-state index in [0.717, 1.165) is 11.3 Å². The molecule has 0 atom stereocenters. The van der Waals surface area contributed by atoms with E-state index >= 15 is 0 Å². The van der Waals surface area contributed by atoms with Gasteiger partial charge in [0.1, 0.15) is 5.82 Å². The lowest BCUT2D eigenvalue weighted by Gasteiger charge is -2.10. The number of anilines is 3. The molecule has 0 aliphatic heterocycles. The molecular weight excluding hydrogens is 370 g/mol. The Hall–Kier alpha value is -3.49. The molecule has 3 aromatic rings. The molecule has 0 aliphatic carbocycles. The summed E-state index contributed by atoms with van der Waals surface area (Å²) in [7, 11) is 1.60. The van der Waals surface area contributed by atoms with E-state index < -0.39 is 0 Å². The molecule has 0 fully saturated rings. The lowest BCUT2D eigenvalue weighted by molar-refractivity contribution is 0.181. The normalized spacial score (nSPS) is 10.4. The zero-order valence-corrected chi connectivity index (χ0v) is 16.1. The van der Waals surface area contributed by atoms with E-state index in [9.17, 15) is 4.79 Å².